The number of ether oxygens (including phenoxy) is 1. The van der Waals surface area contributed by atoms with Gasteiger partial charge in [-0.1, -0.05) is 0 Å². The summed E-state index contributed by atoms with van der Waals surface area (Å²) in [6, 6.07) is -0.470. The Morgan fingerprint density at radius 2 is 2.32 bits per heavy atom. The van der Waals surface area contributed by atoms with E-state index in [0.717, 1.165) is 25.9 Å². The molecule has 0 aromatic heterocycles. The Kier molecular flexibility index (Phi) is 5.15. The molecule has 2 saturated heterocycles. The average Bonchev–Trinajstić information content (AvgIpc) is 2.47. The number of amides is 2. The van der Waals surface area contributed by atoms with Crippen LogP contribution in [-0.4, -0.2) is 62.7 Å². The fourth-order valence-electron chi connectivity index (χ4n) is 2.75. The first-order valence-corrected chi connectivity index (χ1v) is 7.02. The molecule has 0 aromatic rings. The Morgan fingerprint density at radius 1 is 1.47 bits per heavy atom. The summed E-state index contributed by atoms with van der Waals surface area (Å²) in [5, 5.41) is 5.91. The van der Waals surface area contributed by atoms with Crippen LogP contribution in [0.1, 0.15) is 19.3 Å². The lowest BCUT2D eigenvalue weighted by atomic mass is 9.95. The summed E-state index contributed by atoms with van der Waals surface area (Å²) in [7, 11) is 1.59. The normalized spacial score (nSPS) is 27.9. The van der Waals surface area contributed by atoms with E-state index in [9.17, 15) is 9.59 Å². The molecule has 0 radical (unpaired) electrons. The molecule has 2 rings (SSSR count). The first-order chi connectivity index (χ1) is 9.22. The smallest absolute Gasteiger partial charge is 0.244 e. The van der Waals surface area contributed by atoms with Gasteiger partial charge in [0.15, 0.2) is 0 Å². The summed E-state index contributed by atoms with van der Waals surface area (Å²) in [6.07, 6.45) is 2.74. The molecule has 2 aliphatic heterocycles. The zero-order valence-corrected chi connectivity index (χ0v) is 11.5. The van der Waals surface area contributed by atoms with Gasteiger partial charge in [-0.25, -0.2) is 0 Å². The van der Waals surface area contributed by atoms with Crippen molar-refractivity contribution in [3.05, 3.63) is 0 Å². The van der Waals surface area contributed by atoms with E-state index in [-0.39, 0.29) is 11.8 Å². The second kappa shape index (κ2) is 6.86. The van der Waals surface area contributed by atoms with Gasteiger partial charge in [0.05, 0.1) is 13.2 Å². The summed E-state index contributed by atoms with van der Waals surface area (Å²) in [5.41, 5.74) is 0. The third-order valence-corrected chi connectivity index (χ3v) is 3.86. The van der Waals surface area contributed by atoms with Crippen LogP contribution in [0.15, 0.2) is 0 Å². The molecule has 0 aromatic carbocycles. The second-order valence-electron chi connectivity index (χ2n) is 5.21. The summed E-state index contributed by atoms with van der Waals surface area (Å²) in [6.45, 7) is 3.28. The van der Waals surface area contributed by atoms with Gasteiger partial charge in [-0.15, -0.1) is 0 Å². The fraction of sp³-hybridized carbons (Fsp3) is 0.846. The van der Waals surface area contributed by atoms with Crippen LogP contribution in [0.4, 0.5) is 0 Å². The molecule has 6 nitrogen and oxygen atoms in total. The Morgan fingerprint density at radius 3 is 3.00 bits per heavy atom. The van der Waals surface area contributed by atoms with Gasteiger partial charge in [0.1, 0.15) is 6.04 Å². The van der Waals surface area contributed by atoms with Crippen molar-refractivity contribution in [3.63, 3.8) is 0 Å². The quantitative estimate of drug-likeness (QED) is 0.714. The monoisotopic (exact) mass is 269 g/mol. The summed E-state index contributed by atoms with van der Waals surface area (Å²) in [5.74, 6) is 0.329. The van der Waals surface area contributed by atoms with Gasteiger partial charge in [-0.2, -0.15) is 0 Å². The minimum atomic E-state index is -0.470. The van der Waals surface area contributed by atoms with Gasteiger partial charge < -0.3 is 20.3 Å². The van der Waals surface area contributed by atoms with E-state index in [0.29, 0.717) is 32.1 Å². The third-order valence-electron chi connectivity index (χ3n) is 3.86. The van der Waals surface area contributed by atoms with Gasteiger partial charge in [0.2, 0.25) is 11.8 Å². The molecule has 0 bridgehead atoms. The molecule has 2 heterocycles. The number of hydrogen-bond acceptors (Lipinski definition) is 4. The van der Waals surface area contributed by atoms with Crippen LogP contribution in [-0.2, 0) is 14.3 Å². The Bertz CT molecular complexity index is 329. The van der Waals surface area contributed by atoms with Crippen molar-refractivity contribution in [2.45, 2.75) is 25.3 Å². The first-order valence-electron chi connectivity index (χ1n) is 7.02. The second-order valence-corrected chi connectivity index (χ2v) is 5.21. The molecule has 2 amide bonds. The van der Waals surface area contributed by atoms with Gasteiger partial charge in [-0.3, -0.25) is 9.59 Å². The Labute approximate surface area is 113 Å². The topological polar surface area (TPSA) is 70.7 Å². The number of piperidine rings is 1. The van der Waals surface area contributed by atoms with Gasteiger partial charge in [0, 0.05) is 20.0 Å². The molecule has 108 valence electrons. The molecular formula is C13H23N3O3. The van der Waals surface area contributed by atoms with Gasteiger partial charge >= 0.3 is 0 Å². The van der Waals surface area contributed by atoms with Crippen LogP contribution in [0, 0.1) is 5.92 Å². The lowest BCUT2D eigenvalue weighted by molar-refractivity contribution is -0.149. The van der Waals surface area contributed by atoms with Crippen LogP contribution in [0.3, 0.4) is 0 Å². The minimum absolute atomic E-state index is 0.0746. The molecule has 0 saturated carbocycles. The SMILES string of the molecule is CNC(=O)C1COCCN1C(=O)CC1CCCNC1. The van der Waals surface area contributed by atoms with Crippen LogP contribution in [0.2, 0.25) is 0 Å². The van der Waals surface area contributed by atoms with E-state index < -0.39 is 6.04 Å². The van der Waals surface area contributed by atoms with E-state index in [1.54, 1.807) is 11.9 Å². The standard InChI is InChI=1S/C13H23N3O3/c1-14-13(18)11-9-19-6-5-16(11)12(17)7-10-3-2-4-15-8-10/h10-11,15H,2-9H2,1H3,(H,14,18). The zero-order chi connectivity index (χ0) is 13.7. The van der Waals surface area contributed by atoms with Crippen molar-refractivity contribution in [1.82, 2.24) is 15.5 Å². The number of nitrogens with one attached hydrogen (secondary N) is 2. The molecule has 2 fully saturated rings. The summed E-state index contributed by atoms with van der Waals surface area (Å²) in [4.78, 5) is 25.8. The molecule has 2 atom stereocenters. The Balaban J connectivity index is 1.92. The predicted octanol–water partition coefficient (Wildman–Crippen LogP) is -0.650. The largest absolute Gasteiger partial charge is 0.377 e. The van der Waals surface area contributed by atoms with Gasteiger partial charge in [0.25, 0.3) is 0 Å². The van der Waals surface area contributed by atoms with Crippen LogP contribution >= 0.6 is 0 Å². The maximum atomic E-state index is 12.4. The molecule has 2 aliphatic rings. The minimum Gasteiger partial charge on any atom is -0.377 e. The van der Waals surface area contributed by atoms with E-state index in [4.69, 9.17) is 4.74 Å². The van der Waals surface area contributed by atoms with Crippen molar-refractivity contribution in [3.8, 4) is 0 Å². The first kappa shape index (κ1) is 14.3. The molecule has 6 heteroatoms. The van der Waals surface area contributed by atoms with Crippen molar-refractivity contribution in [1.29, 1.82) is 0 Å². The van der Waals surface area contributed by atoms with Gasteiger partial charge in [-0.05, 0) is 31.8 Å². The highest BCUT2D eigenvalue weighted by atomic mass is 16.5. The molecule has 2 N–H and O–H groups in total. The van der Waals surface area contributed by atoms with E-state index >= 15 is 0 Å². The number of nitrogens with zero attached hydrogens (tertiary/aromatic N) is 1. The molecular weight excluding hydrogens is 246 g/mol. The lowest BCUT2D eigenvalue weighted by Gasteiger charge is -2.35. The molecule has 0 spiro atoms. The van der Waals surface area contributed by atoms with Crippen molar-refractivity contribution in [2.75, 3.05) is 39.9 Å². The molecule has 19 heavy (non-hydrogen) atoms. The summed E-state index contributed by atoms with van der Waals surface area (Å²) >= 11 is 0. The third kappa shape index (κ3) is 3.67. The average molecular weight is 269 g/mol. The van der Waals surface area contributed by atoms with E-state index in [2.05, 4.69) is 10.6 Å². The maximum absolute atomic E-state index is 12.4. The van der Waals surface area contributed by atoms with Crippen LogP contribution in [0.5, 0.6) is 0 Å². The van der Waals surface area contributed by atoms with Crippen LogP contribution in [0.25, 0.3) is 0 Å². The van der Waals surface area contributed by atoms with E-state index in [1.165, 1.54) is 0 Å². The number of hydrogen-bond donors (Lipinski definition) is 2. The number of morpholine rings is 1. The van der Waals surface area contributed by atoms with E-state index in [1.807, 2.05) is 0 Å². The maximum Gasteiger partial charge on any atom is 0.244 e. The van der Waals surface area contributed by atoms with Crippen molar-refractivity contribution >= 4 is 11.8 Å². The molecule has 0 aliphatic carbocycles. The highest BCUT2D eigenvalue weighted by molar-refractivity contribution is 5.87. The highest BCUT2D eigenvalue weighted by Gasteiger charge is 2.33. The van der Waals surface area contributed by atoms with Crippen molar-refractivity contribution < 1.29 is 14.3 Å². The predicted molar refractivity (Wildman–Crippen MR) is 70.6 cm³/mol. The van der Waals surface area contributed by atoms with Crippen molar-refractivity contribution in [2.24, 2.45) is 5.92 Å². The lowest BCUT2D eigenvalue weighted by Crippen LogP contribution is -2.55. The zero-order valence-electron chi connectivity index (χ0n) is 11.5. The fourth-order valence-corrected chi connectivity index (χ4v) is 2.75. The number of carbonyl (C=O) groups is 2. The molecule has 2 unspecified atom stereocenters. The number of rotatable bonds is 3. The number of likely N-dealkylation sites (N-methyl/N-ethyl adjacent to an activating group) is 1. The Hall–Kier alpha value is -1.14. The number of carbonyl (C=O) groups excluding carboxylic acids is 2. The summed E-state index contributed by atoms with van der Waals surface area (Å²) < 4.78 is 5.31. The highest BCUT2D eigenvalue weighted by Crippen LogP contribution is 2.17. The van der Waals surface area contributed by atoms with Crippen LogP contribution < -0.4 is 10.6 Å².